The van der Waals surface area contributed by atoms with Crippen molar-refractivity contribution in [3.05, 3.63) is 27.6 Å². The van der Waals surface area contributed by atoms with Crippen LogP contribution in [-0.4, -0.2) is 5.97 Å². The van der Waals surface area contributed by atoms with Crippen molar-refractivity contribution in [3.8, 4) is 0 Å². The minimum Gasteiger partial charge on any atom is -0.343 e. The SMILES string of the molecule is CC(C)(C)C(=O)ONc1ccc(I)cc1F. The third-order valence-electron chi connectivity index (χ3n) is 1.80. The van der Waals surface area contributed by atoms with Crippen LogP contribution in [0, 0.1) is 14.8 Å². The lowest BCUT2D eigenvalue weighted by Gasteiger charge is -2.16. The smallest absolute Gasteiger partial charge is 0.337 e. The average molecular weight is 337 g/mol. The van der Waals surface area contributed by atoms with Gasteiger partial charge in [-0.05, 0) is 61.6 Å². The van der Waals surface area contributed by atoms with Crippen LogP contribution in [0.25, 0.3) is 0 Å². The number of halogens is 2. The second-order valence-electron chi connectivity index (χ2n) is 4.37. The third kappa shape index (κ3) is 3.62. The summed E-state index contributed by atoms with van der Waals surface area (Å²) in [5.74, 6) is -0.890. The molecule has 0 heterocycles. The molecular weight excluding hydrogens is 324 g/mol. The highest BCUT2D eigenvalue weighted by molar-refractivity contribution is 14.1. The molecule has 0 aliphatic carbocycles. The Morgan fingerprint density at radius 2 is 2.06 bits per heavy atom. The lowest BCUT2D eigenvalue weighted by Crippen LogP contribution is -2.25. The van der Waals surface area contributed by atoms with E-state index in [-0.39, 0.29) is 5.69 Å². The van der Waals surface area contributed by atoms with Crippen molar-refractivity contribution in [1.82, 2.24) is 0 Å². The van der Waals surface area contributed by atoms with Gasteiger partial charge in [0.05, 0.1) is 5.41 Å². The van der Waals surface area contributed by atoms with Gasteiger partial charge in [0.15, 0.2) is 5.82 Å². The quantitative estimate of drug-likeness (QED) is 0.664. The van der Waals surface area contributed by atoms with Crippen LogP contribution in [0.4, 0.5) is 10.1 Å². The molecule has 0 spiro atoms. The van der Waals surface area contributed by atoms with Crippen molar-refractivity contribution in [2.75, 3.05) is 5.48 Å². The van der Waals surface area contributed by atoms with Crippen molar-refractivity contribution in [2.24, 2.45) is 5.41 Å². The Bertz CT molecular complexity index is 401. The van der Waals surface area contributed by atoms with Gasteiger partial charge in [0, 0.05) is 3.57 Å². The van der Waals surface area contributed by atoms with Gasteiger partial charge in [-0.25, -0.2) is 14.7 Å². The van der Waals surface area contributed by atoms with Gasteiger partial charge < -0.3 is 4.84 Å². The molecule has 0 amide bonds. The van der Waals surface area contributed by atoms with E-state index in [0.717, 1.165) is 3.57 Å². The van der Waals surface area contributed by atoms with Gasteiger partial charge in [-0.2, -0.15) is 0 Å². The molecule has 0 radical (unpaired) electrons. The summed E-state index contributed by atoms with van der Waals surface area (Å²) in [7, 11) is 0. The normalized spacial score (nSPS) is 11.1. The molecule has 0 saturated carbocycles. The van der Waals surface area contributed by atoms with Gasteiger partial charge in [0.25, 0.3) is 0 Å². The summed E-state index contributed by atoms with van der Waals surface area (Å²) in [6.07, 6.45) is 0. The second-order valence-corrected chi connectivity index (χ2v) is 5.61. The topological polar surface area (TPSA) is 38.3 Å². The van der Waals surface area contributed by atoms with Crippen molar-refractivity contribution >= 4 is 34.2 Å². The van der Waals surface area contributed by atoms with E-state index in [1.54, 1.807) is 26.8 Å². The molecular formula is C11H13FINO2. The Morgan fingerprint density at radius 3 is 2.56 bits per heavy atom. The summed E-state index contributed by atoms with van der Waals surface area (Å²) in [5.41, 5.74) is 1.85. The standard InChI is InChI=1S/C11H13FINO2/c1-11(2,3)10(15)16-14-9-5-4-7(13)6-8(9)12/h4-6,14H,1-3H3. The van der Waals surface area contributed by atoms with Crippen LogP contribution in [-0.2, 0) is 9.63 Å². The van der Waals surface area contributed by atoms with Crippen molar-refractivity contribution in [3.63, 3.8) is 0 Å². The van der Waals surface area contributed by atoms with Crippen LogP contribution in [0.2, 0.25) is 0 Å². The van der Waals surface area contributed by atoms with E-state index >= 15 is 0 Å². The molecule has 1 aromatic rings. The van der Waals surface area contributed by atoms with E-state index in [4.69, 9.17) is 4.84 Å². The van der Waals surface area contributed by atoms with Crippen molar-refractivity contribution in [1.29, 1.82) is 0 Å². The fourth-order valence-corrected chi connectivity index (χ4v) is 1.28. The second kappa shape index (κ2) is 4.99. The summed E-state index contributed by atoms with van der Waals surface area (Å²) >= 11 is 2.00. The predicted octanol–water partition coefficient (Wildman–Crippen LogP) is 3.35. The number of nitrogens with one attached hydrogen (secondary N) is 1. The van der Waals surface area contributed by atoms with Crippen LogP contribution in [0.3, 0.4) is 0 Å². The molecule has 0 fully saturated rings. The van der Waals surface area contributed by atoms with E-state index in [0.29, 0.717) is 0 Å². The highest BCUT2D eigenvalue weighted by Gasteiger charge is 2.23. The van der Waals surface area contributed by atoms with Gasteiger partial charge in [0.2, 0.25) is 0 Å². The Kier molecular flexibility index (Phi) is 4.12. The number of hydrogen-bond acceptors (Lipinski definition) is 3. The fourth-order valence-electron chi connectivity index (χ4n) is 0.827. The van der Waals surface area contributed by atoms with Crippen LogP contribution >= 0.6 is 22.6 Å². The van der Waals surface area contributed by atoms with Gasteiger partial charge in [0.1, 0.15) is 5.69 Å². The van der Waals surface area contributed by atoms with Gasteiger partial charge in [-0.3, -0.25) is 0 Å². The molecule has 0 aliphatic heterocycles. The molecule has 0 aromatic heterocycles. The number of benzene rings is 1. The molecule has 5 heteroatoms. The largest absolute Gasteiger partial charge is 0.343 e. The molecule has 0 unspecified atom stereocenters. The van der Waals surface area contributed by atoms with Gasteiger partial charge in [-0.15, -0.1) is 0 Å². The first-order valence-corrected chi connectivity index (χ1v) is 5.81. The maximum absolute atomic E-state index is 13.3. The van der Waals surface area contributed by atoms with E-state index in [1.165, 1.54) is 12.1 Å². The lowest BCUT2D eigenvalue weighted by molar-refractivity contribution is -0.149. The number of carbonyl (C=O) groups excluding carboxylic acids is 1. The minimum atomic E-state index is -0.618. The van der Waals surface area contributed by atoms with Crippen LogP contribution in [0.5, 0.6) is 0 Å². The molecule has 0 atom stereocenters. The predicted molar refractivity (Wildman–Crippen MR) is 68.3 cm³/mol. The van der Waals surface area contributed by atoms with Gasteiger partial charge >= 0.3 is 5.97 Å². The van der Waals surface area contributed by atoms with E-state index in [1.807, 2.05) is 22.6 Å². The molecule has 16 heavy (non-hydrogen) atoms. The molecule has 1 aromatic carbocycles. The third-order valence-corrected chi connectivity index (χ3v) is 2.47. The van der Waals surface area contributed by atoms with Crippen LogP contribution in [0.1, 0.15) is 20.8 Å². The molecule has 0 aliphatic rings. The molecule has 1 N–H and O–H groups in total. The van der Waals surface area contributed by atoms with Crippen LogP contribution in [0.15, 0.2) is 18.2 Å². The van der Waals surface area contributed by atoms with Crippen LogP contribution < -0.4 is 5.48 Å². The first-order chi connectivity index (χ1) is 7.30. The first kappa shape index (κ1) is 13.2. The highest BCUT2D eigenvalue weighted by Crippen LogP contribution is 2.19. The maximum atomic E-state index is 13.3. The monoisotopic (exact) mass is 337 g/mol. The van der Waals surface area contributed by atoms with E-state index < -0.39 is 17.2 Å². The minimum absolute atomic E-state index is 0.151. The van der Waals surface area contributed by atoms with E-state index in [2.05, 4.69) is 5.48 Å². The number of carbonyl (C=O) groups is 1. The van der Waals surface area contributed by atoms with Crippen molar-refractivity contribution < 1.29 is 14.0 Å². The number of rotatable bonds is 2. The van der Waals surface area contributed by atoms with Crippen molar-refractivity contribution in [2.45, 2.75) is 20.8 Å². The zero-order valence-corrected chi connectivity index (χ0v) is 11.5. The number of anilines is 1. The summed E-state index contributed by atoms with van der Waals surface area (Å²) in [4.78, 5) is 16.2. The first-order valence-electron chi connectivity index (χ1n) is 4.73. The maximum Gasteiger partial charge on any atom is 0.337 e. The average Bonchev–Trinajstić information content (AvgIpc) is 2.14. The van der Waals surface area contributed by atoms with Gasteiger partial charge in [-0.1, -0.05) is 0 Å². The molecule has 88 valence electrons. The zero-order valence-electron chi connectivity index (χ0n) is 9.30. The Morgan fingerprint density at radius 1 is 1.44 bits per heavy atom. The highest BCUT2D eigenvalue weighted by atomic mass is 127. The summed E-state index contributed by atoms with van der Waals surface area (Å²) < 4.78 is 14.1. The molecule has 0 bridgehead atoms. The molecule has 1 rings (SSSR count). The summed E-state index contributed by atoms with van der Waals surface area (Å²) in [5, 5.41) is 0. The Labute approximate surface area is 107 Å². The summed E-state index contributed by atoms with van der Waals surface area (Å²) in [6, 6.07) is 4.60. The Hall–Kier alpha value is -0.850. The molecule has 3 nitrogen and oxygen atoms in total. The Balaban J connectivity index is 2.65. The fraction of sp³-hybridized carbons (Fsp3) is 0.364. The molecule has 0 saturated heterocycles. The summed E-state index contributed by atoms with van der Waals surface area (Å²) in [6.45, 7) is 5.17. The zero-order chi connectivity index (χ0) is 12.3. The van der Waals surface area contributed by atoms with E-state index in [9.17, 15) is 9.18 Å². The lowest BCUT2D eigenvalue weighted by atomic mass is 9.98. The number of hydrogen-bond donors (Lipinski definition) is 1.